The fraction of sp³-hybridized carbons (Fsp3) is 0.500. The van der Waals surface area contributed by atoms with Crippen LogP contribution in [0.25, 0.3) is 0 Å². The maximum Gasteiger partial charge on any atom is 0.305 e. The van der Waals surface area contributed by atoms with Crippen LogP contribution in [0.5, 0.6) is 17.2 Å². The first-order chi connectivity index (χ1) is 11.5. The highest BCUT2D eigenvalue weighted by Gasteiger charge is 2.12. The molecule has 1 aromatic carbocycles. The first-order valence-electron chi connectivity index (χ1n) is 7.43. The number of thiocarbonyl (C=S) groups is 1. The molecular weight excluding hydrogens is 332 g/mol. The van der Waals surface area contributed by atoms with Crippen molar-refractivity contribution in [2.24, 2.45) is 0 Å². The summed E-state index contributed by atoms with van der Waals surface area (Å²) in [5.74, 6) is 1.66. The topological polar surface area (TPSA) is 78.1 Å². The quantitative estimate of drug-likeness (QED) is 0.393. The number of carbonyl (C=O) groups excluding carboxylic acids is 1. The van der Waals surface area contributed by atoms with Crippen LogP contribution in [0.4, 0.5) is 0 Å². The number of methoxy groups -OCH3 is 4. The van der Waals surface area contributed by atoms with Crippen LogP contribution in [-0.2, 0) is 16.1 Å². The number of benzene rings is 1. The second kappa shape index (κ2) is 10.5. The van der Waals surface area contributed by atoms with Gasteiger partial charge in [-0.3, -0.25) is 4.79 Å². The maximum absolute atomic E-state index is 11.0. The summed E-state index contributed by atoms with van der Waals surface area (Å²) in [5, 5.41) is 6.63. The lowest BCUT2D eigenvalue weighted by molar-refractivity contribution is -0.140. The highest BCUT2D eigenvalue weighted by molar-refractivity contribution is 7.80. The molecule has 0 radical (unpaired) electrons. The smallest absolute Gasteiger partial charge is 0.305 e. The van der Waals surface area contributed by atoms with Gasteiger partial charge in [0.05, 0.1) is 28.4 Å². The summed E-state index contributed by atoms with van der Waals surface area (Å²) in [5.41, 5.74) is 0.883. The molecule has 0 bridgehead atoms. The molecule has 8 heteroatoms. The van der Waals surface area contributed by atoms with Gasteiger partial charge >= 0.3 is 5.97 Å². The van der Waals surface area contributed by atoms with E-state index in [1.165, 1.54) is 7.11 Å². The van der Waals surface area contributed by atoms with E-state index in [1.54, 1.807) is 27.4 Å². The first-order valence-corrected chi connectivity index (χ1v) is 7.83. The number of nitrogens with one attached hydrogen (secondary N) is 2. The summed E-state index contributed by atoms with van der Waals surface area (Å²) in [4.78, 5) is 11.0. The zero-order chi connectivity index (χ0) is 17.9. The predicted molar refractivity (Wildman–Crippen MR) is 94.8 cm³/mol. The minimum Gasteiger partial charge on any atom is -0.496 e. The van der Waals surface area contributed by atoms with Gasteiger partial charge in [-0.2, -0.15) is 0 Å². The summed E-state index contributed by atoms with van der Waals surface area (Å²) < 4.78 is 20.5. The Balaban J connectivity index is 2.54. The molecule has 0 amide bonds. The lowest BCUT2D eigenvalue weighted by Crippen LogP contribution is -2.35. The van der Waals surface area contributed by atoms with Crippen molar-refractivity contribution in [3.8, 4) is 17.2 Å². The van der Waals surface area contributed by atoms with E-state index in [-0.39, 0.29) is 5.97 Å². The average molecular weight is 356 g/mol. The lowest BCUT2D eigenvalue weighted by Gasteiger charge is -2.15. The van der Waals surface area contributed by atoms with Crippen molar-refractivity contribution in [3.05, 3.63) is 17.7 Å². The van der Waals surface area contributed by atoms with Gasteiger partial charge in [-0.15, -0.1) is 0 Å². The van der Waals surface area contributed by atoms with Gasteiger partial charge in [-0.1, -0.05) is 0 Å². The fourth-order valence-corrected chi connectivity index (χ4v) is 2.18. The van der Waals surface area contributed by atoms with Crippen LogP contribution in [0.3, 0.4) is 0 Å². The van der Waals surface area contributed by atoms with Gasteiger partial charge in [0.2, 0.25) is 0 Å². The standard InChI is InChI=1S/C16H24N2O5S/c1-20-12-9-14(22-3)13(21-2)8-11(12)10-18-16(24)17-7-5-6-15(19)23-4/h8-9H,5-7,10H2,1-4H3,(H2,17,18,24). The van der Waals surface area contributed by atoms with Crippen LogP contribution in [-0.4, -0.2) is 46.1 Å². The second-order valence-corrected chi connectivity index (χ2v) is 5.22. The molecule has 0 saturated heterocycles. The SMILES string of the molecule is COC(=O)CCCNC(=S)NCc1cc(OC)c(OC)cc1OC. The van der Waals surface area contributed by atoms with E-state index in [4.69, 9.17) is 26.4 Å². The fourth-order valence-electron chi connectivity index (χ4n) is 2.01. The van der Waals surface area contributed by atoms with Crippen molar-refractivity contribution in [1.82, 2.24) is 10.6 Å². The van der Waals surface area contributed by atoms with E-state index in [9.17, 15) is 4.79 Å². The number of hydrogen-bond donors (Lipinski definition) is 2. The third-order valence-corrected chi connectivity index (χ3v) is 3.59. The predicted octanol–water partition coefficient (Wildman–Crippen LogP) is 1.63. The maximum atomic E-state index is 11.0. The Morgan fingerprint density at radius 2 is 1.62 bits per heavy atom. The highest BCUT2D eigenvalue weighted by atomic mass is 32.1. The average Bonchev–Trinajstić information content (AvgIpc) is 2.62. The molecule has 0 aliphatic rings. The van der Waals surface area contributed by atoms with Gasteiger partial charge in [0, 0.05) is 31.1 Å². The summed E-state index contributed by atoms with van der Waals surface area (Å²) in [6, 6.07) is 3.60. The van der Waals surface area contributed by atoms with E-state index >= 15 is 0 Å². The third-order valence-electron chi connectivity index (χ3n) is 3.30. The minimum absolute atomic E-state index is 0.231. The molecule has 134 valence electrons. The number of carbonyl (C=O) groups is 1. The van der Waals surface area contributed by atoms with Crippen LogP contribution in [0.15, 0.2) is 12.1 Å². The Morgan fingerprint density at radius 1 is 1.00 bits per heavy atom. The van der Waals surface area contributed by atoms with Crippen LogP contribution >= 0.6 is 12.2 Å². The number of esters is 1. The van der Waals surface area contributed by atoms with E-state index in [0.717, 1.165) is 5.56 Å². The van der Waals surface area contributed by atoms with Crippen molar-refractivity contribution in [2.75, 3.05) is 35.0 Å². The summed E-state index contributed by atoms with van der Waals surface area (Å²) >= 11 is 5.21. The molecule has 7 nitrogen and oxygen atoms in total. The van der Waals surface area contributed by atoms with E-state index in [0.29, 0.717) is 48.3 Å². The molecule has 24 heavy (non-hydrogen) atoms. The lowest BCUT2D eigenvalue weighted by atomic mass is 10.1. The Morgan fingerprint density at radius 3 is 2.21 bits per heavy atom. The molecule has 1 aromatic rings. The van der Waals surface area contributed by atoms with E-state index < -0.39 is 0 Å². The van der Waals surface area contributed by atoms with Crippen molar-refractivity contribution in [1.29, 1.82) is 0 Å². The highest BCUT2D eigenvalue weighted by Crippen LogP contribution is 2.34. The van der Waals surface area contributed by atoms with Gasteiger partial charge < -0.3 is 29.6 Å². The van der Waals surface area contributed by atoms with Crippen LogP contribution in [0.2, 0.25) is 0 Å². The normalized spacial score (nSPS) is 9.83. The largest absolute Gasteiger partial charge is 0.496 e. The Kier molecular flexibility index (Phi) is 8.70. The van der Waals surface area contributed by atoms with E-state index in [2.05, 4.69) is 15.4 Å². The van der Waals surface area contributed by atoms with E-state index in [1.807, 2.05) is 6.07 Å². The van der Waals surface area contributed by atoms with Gasteiger partial charge in [0.25, 0.3) is 0 Å². The summed E-state index contributed by atoms with van der Waals surface area (Å²) in [6.45, 7) is 1.05. The number of hydrogen-bond acceptors (Lipinski definition) is 6. The molecule has 0 spiro atoms. The summed E-state index contributed by atoms with van der Waals surface area (Å²) in [7, 11) is 6.12. The first kappa shape index (κ1) is 19.8. The van der Waals surface area contributed by atoms with Crippen LogP contribution in [0.1, 0.15) is 18.4 Å². The molecule has 0 atom stereocenters. The minimum atomic E-state index is -0.231. The molecule has 0 heterocycles. The van der Waals surface area contributed by atoms with Gasteiger partial charge in [-0.05, 0) is 24.7 Å². The van der Waals surface area contributed by atoms with Crippen molar-refractivity contribution < 1.29 is 23.7 Å². The Labute approximate surface area is 147 Å². The zero-order valence-electron chi connectivity index (χ0n) is 14.4. The Bertz CT molecular complexity index is 566. The molecule has 0 aromatic heterocycles. The molecule has 0 fully saturated rings. The number of ether oxygens (including phenoxy) is 4. The van der Waals surface area contributed by atoms with Gasteiger partial charge in [0.15, 0.2) is 16.6 Å². The van der Waals surface area contributed by atoms with Crippen molar-refractivity contribution in [3.63, 3.8) is 0 Å². The third kappa shape index (κ3) is 6.11. The van der Waals surface area contributed by atoms with Crippen LogP contribution < -0.4 is 24.8 Å². The number of rotatable bonds is 9. The molecule has 0 unspecified atom stereocenters. The molecule has 2 N–H and O–H groups in total. The monoisotopic (exact) mass is 356 g/mol. The molecular formula is C16H24N2O5S. The molecule has 1 rings (SSSR count). The van der Waals surface area contributed by atoms with Crippen molar-refractivity contribution >= 4 is 23.3 Å². The zero-order valence-corrected chi connectivity index (χ0v) is 15.2. The Hall–Kier alpha value is -2.22. The molecule has 0 aliphatic carbocycles. The summed E-state index contributed by atoms with van der Waals surface area (Å²) in [6.07, 6.45) is 1.00. The van der Waals surface area contributed by atoms with Gasteiger partial charge in [-0.25, -0.2) is 0 Å². The van der Waals surface area contributed by atoms with Crippen molar-refractivity contribution in [2.45, 2.75) is 19.4 Å². The molecule has 0 saturated carbocycles. The van der Waals surface area contributed by atoms with Crippen LogP contribution in [0, 0.1) is 0 Å². The molecule has 0 aliphatic heterocycles. The van der Waals surface area contributed by atoms with Gasteiger partial charge in [0.1, 0.15) is 5.75 Å². The second-order valence-electron chi connectivity index (χ2n) is 4.81.